The van der Waals surface area contributed by atoms with Gasteiger partial charge in [-0.25, -0.2) is 13.2 Å². The lowest BCUT2D eigenvalue weighted by atomic mass is 9.93. The van der Waals surface area contributed by atoms with Crippen molar-refractivity contribution in [2.24, 2.45) is 0 Å². The third kappa shape index (κ3) is 3.46. The van der Waals surface area contributed by atoms with Crippen LogP contribution < -0.4 is 5.32 Å². The van der Waals surface area contributed by atoms with Crippen molar-refractivity contribution in [3.8, 4) is 0 Å². The van der Waals surface area contributed by atoms with Gasteiger partial charge in [-0.1, -0.05) is 24.3 Å². The van der Waals surface area contributed by atoms with Crippen molar-refractivity contribution in [3.05, 3.63) is 71.2 Å². The largest absolute Gasteiger partial charge is 0.323 e. The van der Waals surface area contributed by atoms with Crippen molar-refractivity contribution in [2.45, 2.75) is 19.4 Å². The summed E-state index contributed by atoms with van der Waals surface area (Å²) in [6.45, 7) is 1.37. The Morgan fingerprint density at radius 3 is 2.50 bits per heavy atom. The van der Waals surface area contributed by atoms with Gasteiger partial charge in [-0.05, 0) is 17.2 Å². The molecular formula is C19H15F3N2O2. The van der Waals surface area contributed by atoms with E-state index in [0.29, 0.717) is 12.1 Å². The second kappa shape index (κ2) is 7.03. The molecule has 3 rings (SSSR count). The summed E-state index contributed by atoms with van der Waals surface area (Å²) < 4.78 is 40.0. The van der Waals surface area contributed by atoms with Crippen molar-refractivity contribution in [1.82, 2.24) is 4.90 Å². The molecule has 0 saturated heterocycles. The minimum absolute atomic E-state index is 0.167. The van der Waals surface area contributed by atoms with Gasteiger partial charge in [0.15, 0.2) is 11.6 Å². The highest BCUT2D eigenvalue weighted by atomic mass is 19.2. The van der Waals surface area contributed by atoms with Gasteiger partial charge in [0.05, 0.1) is 18.2 Å². The molecule has 2 aromatic carbocycles. The lowest BCUT2D eigenvalue weighted by Gasteiger charge is -2.32. The number of nitrogens with zero attached hydrogens (tertiary/aromatic N) is 1. The van der Waals surface area contributed by atoms with Gasteiger partial charge in [0.1, 0.15) is 5.82 Å². The van der Waals surface area contributed by atoms with Gasteiger partial charge in [-0.15, -0.1) is 0 Å². The SMILES string of the molecule is CC(=O)N1C=Cc2ccccc2C1CC(=O)Nc1cc(F)c(F)cc1F. The maximum Gasteiger partial charge on any atom is 0.226 e. The molecule has 1 unspecified atom stereocenters. The van der Waals surface area contributed by atoms with E-state index in [1.54, 1.807) is 24.4 Å². The molecule has 0 saturated carbocycles. The molecule has 1 N–H and O–H groups in total. The lowest BCUT2D eigenvalue weighted by molar-refractivity contribution is -0.129. The van der Waals surface area contributed by atoms with Gasteiger partial charge in [-0.3, -0.25) is 9.59 Å². The van der Waals surface area contributed by atoms with E-state index in [1.165, 1.54) is 11.8 Å². The Bertz CT molecular complexity index is 912. The Balaban J connectivity index is 1.84. The van der Waals surface area contributed by atoms with E-state index in [0.717, 1.165) is 11.1 Å². The number of anilines is 1. The average molecular weight is 360 g/mol. The molecule has 0 bridgehead atoms. The molecule has 1 heterocycles. The number of hydrogen-bond donors (Lipinski definition) is 1. The number of benzene rings is 2. The summed E-state index contributed by atoms with van der Waals surface area (Å²) in [5, 5.41) is 2.23. The second-order valence-electron chi connectivity index (χ2n) is 5.89. The summed E-state index contributed by atoms with van der Waals surface area (Å²) in [6, 6.07) is 7.64. The van der Waals surface area contributed by atoms with Crippen molar-refractivity contribution >= 4 is 23.6 Å². The first-order valence-corrected chi connectivity index (χ1v) is 7.87. The third-order valence-corrected chi connectivity index (χ3v) is 4.13. The predicted molar refractivity (Wildman–Crippen MR) is 90.3 cm³/mol. The summed E-state index contributed by atoms with van der Waals surface area (Å²) in [4.78, 5) is 25.6. The van der Waals surface area contributed by atoms with Gasteiger partial charge in [0.2, 0.25) is 11.8 Å². The topological polar surface area (TPSA) is 49.4 Å². The normalized spacial score (nSPS) is 15.5. The molecular weight excluding hydrogens is 345 g/mol. The molecule has 1 atom stereocenters. The maximum atomic E-state index is 13.7. The van der Waals surface area contributed by atoms with Crippen molar-refractivity contribution in [1.29, 1.82) is 0 Å². The Labute approximate surface area is 147 Å². The van der Waals surface area contributed by atoms with Crippen molar-refractivity contribution in [3.63, 3.8) is 0 Å². The van der Waals surface area contributed by atoms with Gasteiger partial charge < -0.3 is 10.2 Å². The highest BCUT2D eigenvalue weighted by molar-refractivity contribution is 5.92. The highest BCUT2D eigenvalue weighted by Crippen LogP contribution is 2.33. The van der Waals surface area contributed by atoms with E-state index in [-0.39, 0.29) is 12.3 Å². The molecule has 0 radical (unpaired) electrons. The molecule has 0 aliphatic carbocycles. The fraction of sp³-hybridized carbons (Fsp3) is 0.158. The van der Waals surface area contributed by atoms with Crippen LogP contribution in [0.1, 0.15) is 30.5 Å². The predicted octanol–water partition coefficient (Wildman–Crippen LogP) is 4.01. The molecule has 26 heavy (non-hydrogen) atoms. The molecule has 0 spiro atoms. The fourth-order valence-electron chi connectivity index (χ4n) is 2.91. The highest BCUT2D eigenvalue weighted by Gasteiger charge is 2.28. The molecule has 2 aromatic rings. The summed E-state index contributed by atoms with van der Waals surface area (Å²) >= 11 is 0. The van der Waals surface area contributed by atoms with E-state index < -0.39 is 35.1 Å². The zero-order valence-electron chi connectivity index (χ0n) is 13.8. The molecule has 0 aromatic heterocycles. The monoisotopic (exact) mass is 360 g/mol. The summed E-state index contributed by atoms with van der Waals surface area (Å²) in [5.41, 5.74) is 1.18. The number of halogens is 3. The Kier molecular flexibility index (Phi) is 4.79. The molecule has 134 valence electrons. The maximum absolute atomic E-state index is 13.7. The van der Waals surface area contributed by atoms with Crippen molar-refractivity contribution in [2.75, 3.05) is 5.32 Å². The van der Waals surface area contributed by atoms with Crippen LogP contribution in [0.3, 0.4) is 0 Å². The second-order valence-corrected chi connectivity index (χ2v) is 5.89. The van der Waals surface area contributed by atoms with E-state index in [1.807, 2.05) is 12.1 Å². The van der Waals surface area contributed by atoms with E-state index in [9.17, 15) is 22.8 Å². The summed E-state index contributed by atoms with van der Waals surface area (Å²) in [6.07, 6.45) is 3.18. The molecule has 4 nitrogen and oxygen atoms in total. The van der Waals surface area contributed by atoms with Crippen LogP contribution >= 0.6 is 0 Å². The van der Waals surface area contributed by atoms with Crippen molar-refractivity contribution < 1.29 is 22.8 Å². The minimum atomic E-state index is -1.34. The van der Waals surface area contributed by atoms with Crippen LogP contribution in [0.2, 0.25) is 0 Å². The zero-order valence-corrected chi connectivity index (χ0v) is 13.8. The van der Waals surface area contributed by atoms with Gasteiger partial charge in [-0.2, -0.15) is 0 Å². The number of carbonyl (C=O) groups is 2. The van der Waals surface area contributed by atoms with E-state index in [4.69, 9.17) is 0 Å². The minimum Gasteiger partial charge on any atom is -0.323 e. The van der Waals surface area contributed by atoms with Crippen LogP contribution in [-0.4, -0.2) is 16.7 Å². The smallest absolute Gasteiger partial charge is 0.226 e. The Morgan fingerprint density at radius 1 is 1.08 bits per heavy atom. The van der Waals surface area contributed by atoms with Crippen LogP contribution in [0.25, 0.3) is 6.08 Å². The van der Waals surface area contributed by atoms with Gasteiger partial charge in [0.25, 0.3) is 0 Å². The van der Waals surface area contributed by atoms with Crippen LogP contribution in [-0.2, 0) is 9.59 Å². The first-order valence-electron chi connectivity index (χ1n) is 7.87. The van der Waals surface area contributed by atoms with Crippen LogP contribution in [0.5, 0.6) is 0 Å². The number of rotatable bonds is 3. The number of carbonyl (C=O) groups excluding carboxylic acids is 2. The number of amides is 2. The fourth-order valence-corrected chi connectivity index (χ4v) is 2.91. The van der Waals surface area contributed by atoms with Gasteiger partial charge >= 0.3 is 0 Å². The first-order chi connectivity index (χ1) is 12.4. The molecule has 7 heteroatoms. The summed E-state index contributed by atoms with van der Waals surface area (Å²) in [7, 11) is 0. The van der Waals surface area contributed by atoms with Crippen LogP contribution in [0.4, 0.5) is 18.9 Å². The lowest BCUT2D eigenvalue weighted by Crippen LogP contribution is -2.33. The van der Waals surface area contributed by atoms with E-state index >= 15 is 0 Å². The number of nitrogens with one attached hydrogen (secondary N) is 1. The standard InChI is InChI=1S/C19H15F3N2O2/c1-11(25)24-7-6-12-4-2-3-5-13(12)18(24)10-19(26)23-17-9-15(21)14(20)8-16(17)22/h2-9,18H,10H2,1H3,(H,23,26). The van der Waals surface area contributed by atoms with Crippen LogP contribution in [0, 0.1) is 17.5 Å². The quantitative estimate of drug-likeness (QED) is 0.841. The van der Waals surface area contributed by atoms with Gasteiger partial charge in [0, 0.05) is 25.3 Å². The number of hydrogen-bond acceptors (Lipinski definition) is 2. The summed E-state index contributed by atoms with van der Waals surface area (Å²) in [5.74, 6) is -4.57. The van der Waals surface area contributed by atoms with Crippen LogP contribution in [0.15, 0.2) is 42.6 Å². The molecule has 0 fully saturated rings. The third-order valence-electron chi connectivity index (χ3n) is 4.13. The van der Waals surface area contributed by atoms with E-state index in [2.05, 4.69) is 5.32 Å². The Morgan fingerprint density at radius 2 is 1.77 bits per heavy atom. The first kappa shape index (κ1) is 17.7. The molecule has 1 aliphatic rings. The molecule has 1 aliphatic heterocycles. The Hall–Kier alpha value is -3.09. The zero-order chi connectivity index (χ0) is 18.8. The number of fused-ring (bicyclic) bond motifs is 1. The average Bonchev–Trinajstić information content (AvgIpc) is 2.59. The molecule has 2 amide bonds.